The second kappa shape index (κ2) is 7.74. The lowest BCUT2D eigenvalue weighted by molar-refractivity contribution is 0.0942. The molecule has 3 N–H and O–H groups in total. The lowest BCUT2D eigenvalue weighted by atomic mass is 10.1. The van der Waals surface area contributed by atoms with Crippen LogP contribution in [0, 0.1) is 0 Å². The van der Waals surface area contributed by atoms with Crippen molar-refractivity contribution in [2.75, 3.05) is 13.6 Å². The van der Waals surface area contributed by atoms with E-state index in [-0.39, 0.29) is 18.0 Å². The van der Waals surface area contributed by atoms with E-state index in [0.29, 0.717) is 20.8 Å². The Kier molecular flexibility index (Phi) is 5.64. The Balaban J connectivity index is 1.75. The van der Waals surface area contributed by atoms with E-state index in [9.17, 15) is 4.79 Å². The average molecular weight is 397 g/mol. The fraction of sp³-hybridized carbons (Fsp3) is 0.294. The molecule has 2 heterocycles. The Hall–Kier alpha value is -1.60. The molecule has 1 aliphatic heterocycles. The lowest BCUT2D eigenvalue weighted by Gasteiger charge is -2.18. The molecular weight excluding hydrogens is 379 g/mol. The molecule has 2 unspecified atom stereocenters. The van der Waals surface area contributed by atoms with Crippen LogP contribution >= 0.6 is 34.5 Å². The number of halogens is 2. The van der Waals surface area contributed by atoms with Gasteiger partial charge in [0.1, 0.15) is 0 Å². The van der Waals surface area contributed by atoms with Gasteiger partial charge < -0.3 is 11.1 Å². The van der Waals surface area contributed by atoms with E-state index in [0.717, 1.165) is 17.5 Å². The summed E-state index contributed by atoms with van der Waals surface area (Å²) in [7, 11) is 1.90. The van der Waals surface area contributed by atoms with Crippen LogP contribution in [0.2, 0.25) is 9.36 Å². The van der Waals surface area contributed by atoms with Crippen molar-refractivity contribution in [3.8, 4) is 0 Å². The first-order valence-corrected chi connectivity index (χ1v) is 9.37. The molecule has 0 bridgehead atoms. The molecule has 5 nitrogen and oxygen atoms in total. The number of carbonyl (C=O) groups excluding carboxylic acids is 1. The van der Waals surface area contributed by atoms with Crippen LogP contribution in [0.4, 0.5) is 0 Å². The van der Waals surface area contributed by atoms with Crippen LogP contribution in [0.15, 0.2) is 35.4 Å². The van der Waals surface area contributed by atoms with Gasteiger partial charge >= 0.3 is 0 Å². The van der Waals surface area contributed by atoms with Crippen LogP contribution in [0.3, 0.4) is 0 Å². The minimum atomic E-state index is -0.286. The van der Waals surface area contributed by atoms with E-state index in [2.05, 4.69) is 10.4 Å². The Morgan fingerprint density at radius 3 is 2.76 bits per heavy atom. The average Bonchev–Trinajstić information content (AvgIpc) is 3.18. The molecule has 2 aromatic rings. The smallest absolute Gasteiger partial charge is 0.261 e. The standard InChI is InChI=1S/C17H18Cl2N4OS/c1-23-14(6-7-21-23)12-8-15(25-16(12)19)17(24)22-13(9-20)10-2-4-11(18)5-3-10/h2-5,7-8,13-14H,6,9,20H2,1H3,(H,22,24). The SMILES string of the molecule is CN1N=CCC1c1cc(C(=O)NC(CN)c2ccc(Cl)cc2)sc1Cl. The van der Waals surface area contributed by atoms with Gasteiger partial charge in [0.15, 0.2) is 0 Å². The van der Waals surface area contributed by atoms with Crippen LogP contribution in [0.25, 0.3) is 0 Å². The zero-order valence-electron chi connectivity index (χ0n) is 13.6. The maximum Gasteiger partial charge on any atom is 0.261 e. The third-order valence-electron chi connectivity index (χ3n) is 4.15. The van der Waals surface area contributed by atoms with Gasteiger partial charge in [0, 0.05) is 36.8 Å². The molecule has 1 aliphatic rings. The van der Waals surface area contributed by atoms with Crippen molar-refractivity contribution in [3.05, 3.63) is 55.7 Å². The number of rotatable bonds is 5. The quantitative estimate of drug-likeness (QED) is 0.805. The number of carbonyl (C=O) groups is 1. The van der Waals surface area contributed by atoms with Crippen molar-refractivity contribution in [2.24, 2.45) is 10.8 Å². The molecule has 132 valence electrons. The molecule has 0 fully saturated rings. The second-order valence-corrected chi connectivity index (χ2v) is 7.87. The summed E-state index contributed by atoms with van der Waals surface area (Å²) in [5, 5.41) is 9.68. The van der Waals surface area contributed by atoms with E-state index in [1.165, 1.54) is 11.3 Å². The second-order valence-electron chi connectivity index (χ2n) is 5.78. The number of hydrogen-bond acceptors (Lipinski definition) is 5. The molecule has 3 rings (SSSR count). The molecular formula is C17H18Cl2N4OS. The fourth-order valence-electron chi connectivity index (χ4n) is 2.76. The van der Waals surface area contributed by atoms with E-state index in [1.54, 1.807) is 12.1 Å². The van der Waals surface area contributed by atoms with Crippen molar-refractivity contribution >= 4 is 46.7 Å². The van der Waals surface area contributed by atoms with Gasteiger partial charge in [-0.15, -0.1) is 11.3 Å². The summed E-state index contributed by atoms with van der Waals surface area (Å²) < 4.78 is 0.614. The van der Waals surface area contributed by atoms with Crippen LogP contribution in [-0.2, 0) is 0 Å². The molecule has 25 heavy (non-hydrogen) atoms. The minimum absolute atomic E-state index is 0.0758. The normalized spacial score (nSPS) is 17.8. The van der Waals surface area contributed by atoms with Crippen LogP contribution in [0.5, 0.6) is 0 Å². The molecule has 1 aromatic heterocycles. The third-order valence-corrected chi connectivity index (χ3v) is 5.79. The number of thiophene rings is 1. The summed E-state index contributed by atoms with van der Waals surface area (Å²) in [5.74, 6) is -0.190. The minimum Gasteiger partial charge on any atom is -0.343 e. The molecule has 8 heteroatoms. The summed E-state index contributed by atoms with van der Waals surface area (Å²) in [6, 6.07) is 8.91. The van der Waals surface area contributed by atoms with Gasteiger partial charge in [0.2, 0.25) is 0 Å². The highest BCUT2D eigenvalue weighted by Crippen LogP contribution is 2.37. The van der Waals surface area contributed by atoms with Crippen molar-refractivity contribution in [1.82, 2.24) is 10.3 Å². The van der Waals surface area contributed by atoms with E-state index in [4.69, 9.17) is 28.9 Å². The first-order chi connectivity index (χ1) is 12.0. The molecule has 1 amide bonds. The van der Waals surface area contributed by atoms with Gasteiger partial charge in [0.05, 0.1) is 21.3 Å². The number of amides is 1. The van der Waals surface area contributed by atoms with Gasteiger partial charge in [-0.3, -0.25) is 9.80 Å². The maximum atomic E-state index is 12.6. The lowest BCUT2D eigenvalue weighted by Crippen LogP contribution is -2.33. The summed E-state index contributed by atoms with van der Waals surface area (Å²) in [6.07, 6.45) is 2.63. The van der Waals surface area contributed by atoms with Gasteiger partial charge in [-0.2, -0.15) is 5.10 Å². The Morgan fingerprint density at radius 1 is 1.44 bits per heavy atom. The van der Waals surface area contributed by atoms with Crippen molar-refractivity contribution in [1.29, 1.82) is 0 Å². The number of hydrogen-bond donors (Lipinski definition) is 2. The Labute approximate surface area is 160 Å². The third kappa shape index (κ3) is 3.98. The molecule has 0 spiro atoms. The highest BCUT2D eigenvalue weighted by molar-refractivity contribution is 7.18. The van der Waals surface area contributed by atoms with E-state index in [1.807, 2.05) is 36.5 Å². The number of nitrogens with one attached hydrogen (secondary N) is 1. The monoisotopic (exact) mass is 396 g/mol. The summed E-state index contributed by atoms with van der Waals surface area (Å²) in [4.78, 5) is 13.2. The molecule has 2 atom stereocenters. The molecule has 0 aliphatic carbocycles. The van der Waals surface area contributed by atoms with Gasteiger partial charge in [-0.05, 0) is 23.8 Å². The first-order valence-electron chi connectivity index (χ1n) is 7.80. The zero-order chi connectivity index (χ0) is 18.0. The first kappa shape index (κ1) is 18.2. The molecule has 1 aromatic carbocycles. The topological polar surface area (TPSA) is 70.7 Å². The van der Waals surface area contributed by atoms with E-state index < -0.39 is 0 Å². The molecule has 0 saturated carbocycles. The highest BCUT2D eigenvalue weighted by atomic mass is 35.5. The molecule has 0 saturated heterocycles. The Morgan fingerprint density at radius 2 is 2.16 bits per heavy atom. The van der Waals surface area contributed by atoms with Crippen LogP contribution in [0.1, 0.15) is 39.3 Å². The van der Waals surface area contributed by atoms with Gasteiger partial charge in [-0.1, -0.05) is 35.3 Å². The maximum absolute atomic E-state index is 12.6. The summed E-state index contributed by atoms with van der Waals surface area (Å²) >= 11 is 13.5. The number of hydrazone groups is 1. The Bertz CT molecular complexity index is 790. The van der Waals surface area contributed by atoms with Crippen LogP contribution in [-0.4, -0.2) is 30.7 Å². The predicted octanol–water partition coefficient (Wildman–Crippen LogP) is 3.85. The predicted molar refractivity (Wildman–Crippen MR) is 104 cm³/mol. The zero-order valence-corrected chi connectivity index (χ0v) is 15.9. The summed E-state index contributed by atoms with van der Waals surface area (Å²) in [5.41, 5.74) is 7.66. The van der Waals surface area contributed by atoms with Crippen molar-refractivity contribution in [3.63, 3.8) is 0 Å². The fourth-order valence-corrected chi connectivity index (χ4v) is 4.16. The summed E-state index contributed by atoms with van der Waals surface area (Å²) in [6.45, 7) is 0.290. The molecule has 0 radical (unpaired) electrons. The largest absolute Gasteiger partial charge is 0.343 e. The van der Waals surface area contributed by atoms with Crippen LogP contribution < -0.4 is 11.1 Å². The van der Waals surface area contributed by atoms with E-state index >= 15 is 0 Å². The van der Waals surface area contributed by atoms with Gasteiger partial charge in [0.25, 0.3) is 5.91 Å². The van der Waals surface area contributed by atoms with Crippen molar-refractivity contribution < 1.29 is 4.79 Å². The number of nitrogens with zero attached hydrogens (tertiary/aromatic N) is 2. The number of benzene rings is 1. The van der Waals surface area contributed by atoms with Gasteiger partial charge in [-0.25, -0.2) is 0 Å². The number of nitrogens with two attached hydrogens (primary N) is 1. The van der Waals surface area contributed by atoms with Crippen molar-refractivity contribution in [2.45, 2.75) is 18.5 Å². The highest BCUT2D eigenvalue weighted by Gasteiger charge is 2.26.